The molecule has 22 heavy (non-hydrogen) atoms. The molecule has 3 aromatic rings. The molecular formula is C16H14N2O3S. The van der Waals surface area contributed by atoms with Crippen LogP contribution in [-0.4, -0.2) is 16.2 Å². The molecule has 0 aliphatic carbocycles. The smallest absolute Gasteiger partial charge is 0.353 e. The minimum Gasteiger partial charge on any atom is -0.423 e. The van der Waals surface area contributed by atoms with Crippen LogP contribution in [0.2, 0.25) is 0 Å². The van der Waals surface area contributed by atoms with Crippen molar-refractivity contribution >= 4 is 17.3 Å². The van der Waals surface area contributed by atoms with Gasteiger partial charge in [-0.05, 0) is 49.2 Å². The Morgan fingerprint density at radius 2 is 2.09 bits per heavy atom. The summed E-state index contributed by atoms with van der Waals surface area (Å²) in [6.07, 6.45) is 2.19. The standard InChI is InChI=1S/C16H14N2O3S/c1-3-13-10(2)8-14(22-13)16(19)21-12-6-4-11(5-7-12)15-18-17-9-20-15/h4-9H,3H2,1-2H3. The Balaban J connectivity index is 1.73. The first-order chi connectivity index (χ1) is 10.7. The van der Waals surface area contributed by atoms with Gasteiger partial charge in [-0.25, -0.2) is 4.79 Å². The zero-order chi connectivity index (χ0) is 15.5. The summed E-state index contributed by atoms with van der Waals surface area (Å²) in [7, 11) is 0. The number of rotatable bonds is 4. The summed E-state index contributed by atoms with van der Waals surface area (Å²) >= 11 is 1.48. The van der Waals surface area contributed by atoms with Crippen molar-refractivity contribution in [3.05, 3.63) is 52.0 Å². The van der Waals surface area contributed by atoms with E-state index in [1.165, 1.54) is 22.6 Å². The predicted octanol–water partition coefficient (Wildman–Crippen LogP) is 3.89. The van der Waals surface area contributed by atoms with Crippen molar-refractivity contribution in [3.63, 3.8) is 0 Å². The summed E-state index contributed by atoms with van der Waals surface area (Å²) in [6.45, 7) is 4.08. The summed E-state index contributed by atoms with van der Waals surface area (Å²) < 4.78 is 10.5. The lowest BCUT2D eigenvalue weighted by atomic mass is 10.2. The number of carbonyl (C=O) groups excluding carboxylic acids is 1. The fraction of sp³-hybridized carbons (Fsp3) is 0.188. The maximum atomic E-state index is 12.2. The van der Waals surface area contributed by atoms with Crippen LogP contribution in [0.25, 0.3) is 11.5 Å². The Hall–Kier alpha value is -2.47. The Bertz CT molecular complexity index is 776. The maximum absolute atomic E-state index is 12.2. The molecule has 0 atom stereocenters. The van der Waals surface area contributed by atoms with Gasteiger partial charge in [0.1, 0.15) is 10.6 Å². The molecular weight excluding hydrogens is 300 g/mol. The number of hydrogen-bond donors (Lipinski definition) is 0. The van der Waals surface area contributed by atoms with E-state index in [1.807, 2.05) is 13.0 Å². The van der Waals surface area contributed by atoms with Crippen molar-refractivity contribution in [2.24, 2.45) is 0 Å². The minimum absolute atomic E-state index is 0.335. The van der Waals surface area contributed by atoms with E-state index >= 15 is 0 Å². The fourth-order valence-electron chi connectivity index (χ4n) is 2.09. The summed E-state index contributed by atoms with van der Waals surface area (Å²) in [5.74, 6) is 0.579. The molecule has 6 heteroatoms. The molecule has 112 valence electrons. The Kier molecular flexibility index (Phi) is 4.02. The molecule has 0 saturated heterocycles. The highest BCUT2D eigenvalue weighted by Crippen LogP contribution is 2.25. The lowest BCUT2D eigenvalue weighted by Crippen LogP contribution is -2.06. The van der Waals surface area contributed by atoms with Crippen LogP contribution in [0.5, 0.6) is 5.75 Å². The summed E-state index contributed by atoms with van der Waals surface area (Å²) in [5, 5.41) is 7.45. The molecule has 2 heterocycles. The molecule has 0 spiro atoms. The number of nitrogens with zero attached hydrogens (tertiary/aromatic N) is 2. The highest BCUT2D eigenvalue weighted by Gasteiger charge is 2.14. The van der Waals surface area contributed by atoms with E-state index in [1.54, 1.807) is 24.3 Å². The molecule has 0 fully saturated rings. The number of ether oxygens (including phenoxy) is 1. The average molecular weight is 314 g/mol. The first-order valence-corrected chi connectivity index (χ1v) is 7.67. The molecule has 1 aromatic carbocycles. The third kappa shape index (κ3) is 2.92. The zero-order valence-electron chi connectivity index (χ0n) is 12.2. The first-order valence-electron chi connectivity index (χ1n) is 6.85. The molecule has 0 saturated carbocycles. The van der Waals surface area contributed by atoms with Crippen LogP contribution in [0.1, 0.15) is 27.0 Å². The lowest BCUT2D eigenvalue weighted by Gasteiger charge is -2.03. The number of carbonyl (C=O) groups is 1. The van der Waals surface area contributed by atoms with Gasteiger partial charge in [0.2, 0.25) is 12.3 Å². The van der Waals surface area contributed by atoms with Crippen LogP contribution in [-0.2, 0) is 6.42 Å². The van der Waals surface area contributed by atoms with Gasteiger partial charge < -0.3 is 9.15 Å². The third-order valence-electron chi connectivity index (χ3n) is 3.21. The van der Waals surface area contributed by atoms with Crippen LogP contribution in [0.3, 0.4) is 0 Å². The molecule has 0 unspecified atom stereocenters. The number of thiophene rings is 1. The highest BCUT2D eigenvalue weighted by atomic mass is 32.1. The second kappa shape index (κ2) is 6.11. The van der Waals surface area contributed by atoms with E-state index in [4.69, 9.17) is 9.15 Å². The summed E-state index contributed by atoms with van der Waals surface area (Å²) in [6, 6.07) is 8.83. The van der Waals surface area contributed by atoms with Crippen LogP contribution >= 0.6 is 11.3 Å². The van der Waals surface area contributed by atoms with Gasteiger partial charge in [0.25, 0.3) is 0 Å². The number of benzene rings is 1. The van der Waals surface area contributed by atoms with Crippen molar-refractivity contribution in [1.29, 1.82) is 0 Å². The molecule has 5 nitrogen and oxygen atoms in total. The summed E-state index contributed by atoms with van der Waals surface area (Å²) in [5.41, 5.74) is 1.91. The van der Waals surface area contributed by atoms with Gasteiger partial charge >= 0.3 is 5.97 Å². The average Bonchev–Trinajstić information content (AvgIpc) is 3.17. The Morgan fingerprint density at radius 3 is 2.68 bits per heavy atom. The monoisotopic (exact) mass is 314 g/mol. The van der Waals surface area contributed by atoms with Crippen LogP contribution in [0.4, 0.5) is 0 Å². The number of esters is 1. The predicted molar refractivity (Wildman–Crippen MR) is 83.1 cm³/mol. The van der Waals surface area contributed by atoms with E-state index < -0.39 is 0 Å². The van der Waals surface area contributed by atoms with Crippen molar-refractivity contribution in [2.45, 2.75) is 20.3 Å². The van der Waals surface area contributed by atoms with Gasteiger partial charge in [-0.1, -0.05) is 6.92 Å². The van der Waals surface area contributed by atoms with Crippen LogP contribution in [0.15, 0.2) is 41.1 Å². The number of aromatic nitrogens is 2. The summed E-state index contributed by atoms with van der Waals surface area (Å²) in [4.78, 5) is 14.0. The second-order valence-corrected chi connectivity index (χ2v) is 5.86. The highest BCUT2D eigenvalue weighted by molar-refractivity contribution is 7.14. The van der Waals surface area contributed by atoms with E-state index in [0.29, 0.717) is 16.5 Å². The minimum atomic E-state index is -0.335. The van der Waals surface area contributed by atoms with Gasteiger partial charge in [-0.2, -0.15) is 0 Å². The van der Waals surface area contributed by atoms with Gasteiger partial charge in [-0.3, -0.25) is 0 Å². The van der Waals surface area contributed by atoms with Crippen molar-refractivity contribution in [3.8, 4) is 17.2 Å². The molecule has 0 aliphatic rings. The van der Waals surface area contributed by atoms with Gasteiger partial charge in [-0.15, -0.1) is 21.5 Å². The zero-order valence-corrected chi connectivity index (χ0v) is 13.0. The van der Waals surface area contributed by atoms with E-state index in [9.17, 15) is 4.79 Å². The number of hydrogen-bond acceptors (Lipinski definition) is 6. The molecule has 0 N–H and O–H groups in total. The molecule has 0 bridgehead atoms. The van der Waals surface area contributed by atoms with Gasteiger partial charge in [0, 0.05) is 10.4 Å². The molecule has 3 rings (SSSR count). The lowest BCUT2D eigenvalue weighted by molar-refractivity contribution is 0.0740. The molecule has 2 aromatic heterocycles. The molecule has 0 aliphatic heterocycles. The Morgan fingerprint density at radius 1 is 1.32 bits per heavy atom. The van der Waals surface area contributed by atoms with Gasteiger partial charge in [0.05, 0.1) is 0 Å². The van der Waals surface area contributed by atoms with E-state index in [-0.39, 0.29) is 5.97 Å². The van der Waals surface area contributed by atoms with E-state index in [2.05, 4.69) is 17.1 Å². The van der Waals surface area contributed by atoms with E-state index in [0.717, 1.165) is 17.5 Å². The normalized spacial score (nSPS) is 10.6. The molecule has 0 radical (unpaired) electrons. The van der Waals surface area contributed by atoms with Crippen LogP contribution < -0.4 is 4.74 Å². The second-order valence-electron chi connectivity index (χ2n) is 4.73. The Labute approximate surface area is 131 Å². The van der Waals surface area contributed by atoms with Crippen molar-refractivity contribution < 1.29 is 13.9 Å². The quantitative estimate of drug-likeness (QED) is 0.540. The maximum Gasteiger partial charge on any atom is 0.353 e. The largest absolute Gasteiger partial charge is 0.423 e. The third-order valence-corrected chi connectivity index (χ3v) is 4.58. The topological polar surface area (TPSA) is 65.2 Å². The fourth-order valence-corrected chi connectivity index (χ4v) is 3.08. The van der Waals surface area contributed by atoms with Gasteiger partial charge in [0.15, 0.2) is 0 Å². The first kappa shape index (κ1) is 14.5. The SMILES string of the molecule is CCc1sc(C(=O)Oc2ccc(-c3nnco3)cc2)cc1C. The van der Waals surface area contributed by atoms with Crippen molar-refractivity contribution in [1.82, 2.24) is 10.2 Å². The van der Waals surface area contributed by atoms with Crippen molar-refractivity contribution in [2.75, 3.05) is 0 Å². The molecule has 0 amide bonds. The van der Waals surface area contributed by atoms with Crippen LogP contribution in [0, 0.1) is 6.92 Å². The number of aryl methyl sites for hydroxylation is 2.